The summed E-state index contributed by atoms with van der Waals surface area (Å²) in [4.78, 5) is 40.1. The molecule has 0 spiro atoms. The molecule has 2 aliphatic heterocycles. The van der Waals surface area contributed by atoms with Crippen LogP contribution in [0.5, 0.6) is 23.0 Å². The maximum absolute atomic E-state index is 10.0. The minimum absolute atomic E-state index is 0.329. The van der Waals surface area contributed by atoms with Crippen molar-refractivity contribution >= 4 is 35.0 Å². The van der Waals surface area contributed by atoms with E-state index in [-0.39, 0.29) is 23.6 Å². The Kier molecular flexibility index (Phi) is 10.1. The van der Waals surface area contributed by atoms with Crippen molar-refractivity contribution in [3.63, 3.8) is 0 Å². The second kappa shape index (κ2) is 14.3. The molecule has 228 valence electrons. The van der Waals surface area contributed by atoms with Crippen LogP contribution in [0.4, 0.5) is 11.4 Å². The number of carbonyl (C=O) groups excluding carboxylic acids is 4. The van der Waals surface area contributed by atoms with Crippen molar-refractivity contribution in [2.45, 2.75) is 19.3 Å². The fourth-order valence-corrected chi connectivity index (χ4v) is 4.39. The lowest BCUT2D eigenvalue weighted by Crippen LogP contribution is -2.21. The molecule has 0 saturated carbocycles. The van der Waals surface area contributed by atoms with E-state index in [2.05, 4.69) is 13.8 Å². The van der Waals surface area contributed by atoms with Crippen molar-refractivity contribution < 1.29 is 28.7 Å². The molecule has 4 aromatic carbocycles. The van der Waals surface area contributed by atoms with E-state index in [0.29, 0.717) is 22.9 Å². The number of rotatable bonds is 6. The number of imide groups is 2. The third kappa shape index (κ3) is 8.45. The highest BCUT2D eigenvalue weighted by Gasteiger charge is 2.32. The molecule has 0 unspecified atom stereocenters. The average molecular weight is 605 g/mol. The summed E-state index contributed by atoms with van der Waals surface area (Å²) >= 11 is 0. The van der Waals surface area contributed by atoms with Gasteiger partial charge in [0.2, 0.25) is 0 Å². The van der Waals surface area contributed by atoms with E-state index in [1.807, 2.05) is 108 Å². The van der Waals surface area contributed by atoms with E-state index < -0.39 is 5.41 Å². The van der Waals surface area contributed by atoms with Crippen LogP contribution in [0.15, 0.2) is 121 Å². The number of para-hydroxylation sites is 4. The zero-order valence-corrected chi connectivity index (χ0v) is 24.7. The number of amides is 4. The summed E-state index contributed by atoms with van der Waals surface area (Å²) in [5.74, 6) is 1.40. The van der Waals surface area contributed by atoms with Crippen LogP contribution in [-0.2, 0) is 24.6 Å². The van der Waals surface area contributed by atoms with Gasteiger partial charge in [-0.15, -0.1) is 0 Å². The zero-order chi connectivity index (χ0) is 32.4. The largest absolute Gasteiger partial charge is 0.455 e. The molecule has 10 nitrogen and oxygen atoms in total. The molecule has 0 aromatic heterocycles. The molecular formula is C35H32N4O6. The summed E-state index contributed by atoms with van der Waals surface area (Å²) < 4.78 is 12.5. The number of nitrogens with one attached hydrogen (secondary N) is 2. The molecule has 2 aliphatic rings. The summed E-state index contributed by atoms with van der Waals surface area (Å²) in [6.45, 7) is 4.23. The first-order valence-electron chi connectivity index (χ1n) is 13.8. The van der Waals surface area contributed by atoms with E-state index in [1.165, 1.54) is 24.3 Å². The molecule has 6 rings (SSSR count). The quantitative estimate of drug-likeness (QED) is 0.173. The van der Waals surface area contributed by atoms with Gasteiger partial charge in [0.05, 0.1) is 11.4 Å². The summed E-state index contributed by atoms with van der Waals surface area (Å²) in [5, 5.41) is 4.06. The van der Waals surface area contributed by atoms with Crippen molar-refractivity contribution in [1.82, 2.24) is 10.6 Å². The molecule has 10 heteroatoms. The number of anilines is 2. The third-order valence-electron chi connectivity index (χ3n) is 6.63. The van der Waals surface area contributed by atoms with Gasteiger partial charge in [0.25, 0.3) is 23.6 Å². The molecule has 0 fully saturated rings. The number of nitrogens with two attached hydrogens (primary N) is 2. The summed E-state index contributed by atoms with van der Waals surface area (Å²) in [7, 11) is 0. The number of nitrogen functional groups attached to an aromatic ring is 2. The van der Waals surface area contributed by atoms with Gasteiger partial charge >= 0.3 is 0 Å². The Balaban J connectivity index is 0.000000269. The topological polar surface area (TPSA) is 163 Å². The van der Waals surface area contributed by atoms with Crippen molar-refractivity contribution in [2.24, 2.45) is 0 Å². The number of benzene rings is 4. The van der Waals surface area contributed by atoms with Crippen molar-refractivity contribution in [3.05, 3.63) is 132 Å². The van der Waals surface area contributed by atoms with Gasteiger partial charge in [-0.25, -0.2) is 0 Å². The number of hydrogen-bond donors (Lipinski definition) is 4. The smallest absolute Gasteiger partial charge is 0.250 e. The molecule has 4 aromatic rings. The number of hydrogen-bond acceptors (Lipinski definition) is 8. The normalized spacial score (nSPS) is 13.2. The third-order valence-corrected chi connectivity index (χ3v) is 6.63. The first-order valence-corrected chi connectivity index (χ1v) is 13.8. The van der Waals surface area contributed by atoms with Crippen LogP contribution < -0.4 is 31.6 Å². The Morgan fingerprint density at radius 1 is 0.489 bits per heavy atom. The molecule has 0 radical (unpaired) electrons. The lowest BCUT2D eigenvalue weighted by Gasteiger charge is -2.31. The molecule has 0 aliphatic carbocycles. The molecule has 2 heterocycles. The average Bonchev–Trinajstić information content (AvgIpc) is 3.61. The van der Waals surface area contributed by atoms with E-state index in [1.54, 1.807) is 0 Å². The Morgan fingerprint density at radius 3 is 1.11 bits per heavy atom. The SMILES string of the molecule is CC(C)(c1cccc(N)c1Oc1ccccc1)c1cccc(N)c1Oc1ccccc1.O=C1C=CC(=O)N1.O=C1C=CC(=O)N1. The first-order chi connectivity index (χ1) is 21.5. The van der Waals surface area contributed by atoms with Gasteiger partial charge in [0.1, 0.15) is 11.5 Å². The second-order valence-electron chi connectivity index (χ2n) is 10.3. The van der Waals surface area contributed by atoms with Gasteiger partial charge in [-0.2, -0.15) is 0 Å². The van der Waals surface area contributed by atoms with Crippen LogP contribution in [0.2, 0.25) is 0 Å². The van der Waals surface area contributed by atoms with Crippen molar-refractivity contribution in [1.29, 1.82) is 0 Å². The van der Waals surface area contributed by atoms with Crippen LogP contribution in [0.3, 0.4) is 0 Å². The monoisotopic (exact) mass is 604 g/mol. The Labute approximate surface area is 260 Å². The fourth-order valence-electron chi connectivity index (χ4n) is 4.39. The van der Waals surface area contributed by atoms with Gasteiger partial charge in [-0.3, -0.25) is 29.8 Å². The minimum Gasteiger partial charge on any atom is -0.455 e. The maximum atomic E-state index is 10.0. The predicted molar refractivity (Wildman–Crippen MR) is 171 cm³/mol. The highest BCUT2D eigenvalue weighted by molar-refractivity contribution is 6.13. The molecule has 6 N–H and O–H groups in total. The lowest BCUT2D eigenvalue weighted by atomic mass is 9.76. The van der Waals surface area contributed by atoms with Gasteiger partial charge in [-0.05, 0) is 36.4 Å². The van der Waals surface area contributed by atoms with E-state index >= 15 is 0 Å². The minimum atomic E-state index is -0.501. The lowest BCUT2D eigenvalue weighted by molar-refractivity contribution is -0.125. The highest BCUT2D eigenvalue weighted by atomic mass is 16.5. The standard InChI is InChI=1S/C27H26N2O2.2C4H3NO2/c1-27(2,21-15-9-17-23(28)25(21)30-19-11-5-3-6-12-19)22-16-10-18-24(29)26(22)31-20-13-7-4-8-14-20;2*6-3-1-2-4(7)5-3/h3-18H,28-29H2,1-2H3;2*1-2H,(H,5,6,7). The van der Waals surface area contributed by atoms with Crippen LogP contribution >= 0.6 is 0 Å². The van der Waals surface area contributed by atoms with Crippen LogP contribution in [-0.4, -0.2) is 23.6 Å². The molecule has 45 heavy (non-hydrogen) atoms. The molecule has 0 bridgehead atoms. The predicted octanol–water partition coefficient (Wildman–Crippen LogP) is 5.16. The maximum Gasteiger partial charge on any atom is 0.250 e. The summed E-state index contributed by atoms with van der Waals surface area (Å²) in [5.41, 5.74) is 15.2. The molecular weight excluding hydrogens is 572 g/mol. The van der Waals surface area contributed by atoms with Crippen LogP contribution in [0.25, 0.3) is 0 Å². The zero-order valence-electron chi connectivity index (χ0n) is 24.7. The van der Waals surface area contributed by atoms with Crippen LogP contribution in [0, 0.1) is 0 Å². The summed E-state index contributed by atoms with van der Waals surface area (Å²) in [6.07, 6.45) is 4.79. The number of ether oxygens (including phenoxy) is 2. The van der Waals surface area contributed by atoms with Crippen molar-refractivity contribution in [2.75, 3.05) is 11.5 Å². The first kappa shape index (κ1) is 31.8. The molecule has 4 amide bonds. The Morgan fingerprint density at radius 2 is 0.822 bits per heavy atom. The Bertz CT molecular complexity index is 1600. The van der Waals surface area contributed by atoms with E-state index in [9.17, 15) is 19.2 Å². The van der Waals surface area contributed by atoms with Crippen LogP contribution in [0.1, 0.15) is 25.0 Å². The van der Waals surface area contributed by atoms with E-state index in [0.717, 1.165) is 22.6 Å². The highest BCUT2D eigenvalue weighted by Crippen LogP contribution is 2.46. The second-order valence-corrected chi connectivity index (χ2v) is 10.3. The Hall–Kier alpha value is -6.16. The van der Waals surface area contributed by atoms with Gasteiger partial charge < -0.3 is 20.9 Å². The fraction of sp³-hybridized carbons (Fsp3) is 0.0857. The summed E-state index contributed by atoms with van der Waals surface area (Å²) in [6, 6.07) is 30.9. The van der Waals surface area contributed by atoms with Gasteiger partial charge in [0.15, 0.2) is 11.5 Å². The van der Waals surface area contributed by atoms with E-state index in [4.69, 9.17) is 20.9 Å². The molecule has 0 atom stereocenters. The number of carbonyl (C=O) groups is 4. The van der Waals surface area contributed by atoms with Gasteiger partial charge in [-0.1, -0.05) is 74.5 Å². The van der Waals surface area contributed by atoms with Crippen molar-refractivity contribution in [3.8, 4) is 23.0 Å². The molecule has 0 saturated heterocycles. The van der Waals surface area contributed by atoms with Gasteiger partial charge in [0, 0.05) is 40.8 Å².